The zero-order chi connectivity index (χ0) is 18.8. The molecule has 26 heavy (non-hydrogen) atoms. The van der Waals surface area contributed by atoms with Gasteiger partial charge in [0, 0.05) is 22.7 Å². The van der Waals surface area contributed by atoms with Crippen molar-refractivity contribution in [1.29, 1.82) is 0 Å². The third-order valence-electron chi connectivity index (χ3n) is 3.77. The minimum absolute atomic E-state index is 0.0602. The lowest BCUT2D eigenvalue weighted by atomic mass is 10.1. The summed E-state index contributed by atoms with van der Waals surface area (Å²) in [5.41, 5.74) is 1.71. The van der Waals surface area contributed by atoms with Crippen LogP contribution in [0.5, 0.6) is 0 Å². The van der Waals surface area contributed by atoms with Gasteiger partial charge in [-0.15, -0.1) is 0 Å². The first-order chi connectivity index (χ1) is 12.4. The maximum Gasteiger partial charge on any atom is 0.291 e. The first-order valence-corrected chi connectivity index (χ1v) is 8.23. The molecule has 132 valence electrons. The van der Waals surface area contributed by atoms with E-state index in [1.165, 1.54) is 24.3 Å². The van der Waals surface area contributed by atoms with Crippen molar-refractivity contribution in [3.05, 3.63) is 80.0 Å². The number of hydrogen-bond acceptors (Lipinski definition) is 4. The van der Waals surface area contributed by atoms with Gasteiger partial charge in [-0.2, -0.15) is 0 Å². The minimum Gasteiger partial charge on any atom is -0.451 e. The Bertz CT molecular complexity index is 1010. The number of benzene rings is 2. The summed E-state index contributed by atoms with van der Waals surface area (Å²) in [5, 5.41) is 14.0. The van der Waals surface area contributed by atoms with Crippen LogP contribution in [0.15, 0.2) is 52.9 Å². The Kier molecular flexibility index (Phi) is 4.97. The number of nitrogens with zero attached hydrogens (tertiary/aromatic N) is 1. The van der Waals surface area contributed by atoms with E-state index in [-0.39, 0.29) is 22.2 Å². The summed E-state index contributed by atoms with van der Waals surface area (Å²) in [6, 6.07) is 12.4. The number of carbonyl (C=O) groups excluding carboxylic acids is 1. The van der Waals surface area contributed by atoms with Gasteiger partial charge in [0.05, 0.1) is 15.6 Å². The fourth-order valence-electron chi connectivity index (χ4n) is 2.38. The Balaban J connectivity index is 1.83. The number of hydrogen-bond donors (Lipinski definition) is 1. The average molecular weight is 391 g/mol. The van der Waals surface area contributed by atoms with E-state index in [4.69, 9.17) is 27.6 Å². The molecule has 0 aliphatic rings. The van der Waals surface area contributed by atoms with Gasteiger partial charge in [0.25, 0.3) is 11.6 Å². The summed E-state index contributed by atoms with van der Waals surface area (Å²) in [4.78, 5) is 22.5. The average Bonchev–Trinajstić information content (AvgIpc) is 3.09. The molecule has 0 unspecified atom stereocenters. The highest BCUT2D eigenvalue weighted by molar-refractivity contribution is 6.34. The van der Waals surface area contributed by atoms with Crippen molar-refractivity contribution in [2.45, 2.75) is 6.92 Å². The predicted molar refractivity (Wildman–Crippen MR) is 100.0 cm³/mol. The lowest BCUT2D eigenvalue weighted by Crippen LogP contribution is -2.11. The SMILES string of the molecule is Cc1c(Cl)cccc1-c1ccc(C(=O)Nc2ccc([N+](=O)[O-])cc2Cl)o1. The second-order valence-corrected chi connectivity index (χ2v) is 6.27. The third kappa shape index (κ3) is 3.56. The highest BCUT2D eigenvalue weighted by Gasteiger charge is 2.17. The molecular formula is C18H12Cl2N2O4. The summed E-state index contributed by atoms with van der Waals surface area (Å²) in [5.74, 6) is 0.0606. The first kappa shape index (κ1) is 18.0. The van der Waals surface area contributed by atoms with Crippen molar-refractivity contribution in [3.63, 3.8) is 0 Å². The van der Waals surface area contributed by atoms with Gasteiger partial charge in [-0.1, -0.05) is 35.3 Å². The number of carbonyl (C=O) groups is 1. The van der Waals surface area contributed by atoms with Gasteiger partial charge < -0.3 is 9.73 Å². The maximum atomic E-state index is 12.4. The molecule has 0 bridgehead atoms. The lowest BCUT2D eigenvalue weighted by Gasteiger charge is -2.06. The minimum atomic E-state index is -0.566. The molecule has 0 atom stereocenters. The number of rotatable bonds is 4. The molecule has 0 spiro atoms. The Hall–Kier alpha value is -2.83. The lowest BCUT2D eigenvalue weighted by molar-refractivity contribution is -0.384. The van der Waals surface area contributed by atoms with Crippen molar-refractivity contribution >= 4 is 40.5 Å². The molecule has 0 fully saturated rings. The van der Waals surface area contributed by atoms with E-state index in [0.717, 1.165) is 11.1 Å². The van der Waals surface area contributed by atoms with Crippen molar-refractivity contribution in [2.75, 3.05) is 5.32 Å². The Morgan fingerprint density at radius 3 is 2.58 bits per heavy atom. The van der Waals surface area contributed by atoms with E-state index < -0.39 is 10.8 Å². The summed E-state index contributed by atoms with van der Waals surface area (Å²) in [6.07, 6.45) is 0. The van der Waals surface area contributed by atoms with E-state index in [0.29, 0.717) is 10.8 Å². The fourth-order valence-corrected chi connectivity index (χ4v) is 2.78. The second-order valence-electron chi connectivity index (χ2n) is 5.45. The number of anilines is 1. The summed E-state index contributed by atoms with van der Waals surface area (Å²) >= 11 is 12.1. The van der Waals surface area contributed by atoms with Crippen LogP contribution in [0.3, 0.4) is 0 Å². The van der Waals surface area contributed by atoms with Crippen LogP contribution in [0, 0.1) is 17.0 Å². The molecule has 6 nitrogen and oxygen atoms in total. The summed E-state index contributed by atoms with van der Waals surface area (Å²) < 4.78 is 5.62. The van der Waals surface area contributed by atoms with Crippen LogP contribution in [0.1, 0.15) is 16.1 Å². The van der Waals surface area contributed by atoms with Gasteiger partial charge in [0.2, 0.25) is 0 Å². The Morgan fingerprint density at radius 1 is 1.12 bits per heavy atom. The van der Waals surface area contributed by atoms with Crippen LogP contribution in [0.25, 0.3) is 11.3 Å². The molecule has 0 aliphatic heterocycles. The van der Waals surface area contributed by atoms with Crippen molar-refractivity contribution in [3.8, 4) is 11.3 Å². The standard InChI is InChI=1S/C18H12Cl2N2O4/c1-10-12(3-2-4-13(10)19)16-7-8-17(26-16)18(23)21-15-6-5-11(22(24)25)9-14(15)20/h2-9H,1H3,(H,21,23). The van der Waals surface area contributed by atoms with Gasteiger partial charge in [-0.3, -0.25) is 14.9 Å². The Morgan fingerprint density at radius 2 is 1.88 bits per heavy atom. The molecule has 1 amide bonds. The first-order valence-electron chi connectivity index (χ1n) is 7.47. The maximum absolute atomic E-state index is 12.4. The zero-order valence-electron chi connectivity index (χ0n) is 13.5. The third-order valence-corrected chi connectivity index (χ3v) is 4.50. The van der Waals surface area contributed by atoms with Crippen molar-refractivity contribution in [1.82, 2.24) is 0 Å². The fraction of sp³-hybridized carbons (Fsp3) is 0.0556. The van der Waals surface area contributed by atoms with Gasteiger partial charge in [-0.05, 0) is 36.8 Å². The molecular weight excluding hydrogens is 379 g/mol. The molecule has 3 rings (SSSR count). The molecule has 2 aromatic carbocycles. The van der Waals surface area contributed by atoms with Crippen LogP contribution in [-0.2, 0) is 0 Å². The van der Waals surface area contributed by atoms with Crippen LogP contribution < -0.4 is 5.32 Å². The highest BCUT2D eigenvalue weighted by Crippen LogP contribution is 2.31. The molecule has 3 aromatic rings. The number of nitro benzene ring substituents is 1. The van der Waals surface area contributed by atoms with E-state index in [1.807, 2.05) is 13.0 Å². The molecule has 0 saturated heterocycles. The van der Waals surface area contributed by atoms with Crippen LogP contribution in [0.2, 0.25) is 10.0 Å². The summed E-state index contributed by atoms with van der Waals surface area (Å²) in [6.45, 7) is 1.86. The van der Waals surface area contributed by atoms with Gasteiger partial charge in [0.15, 0.2) is 5.76 Å². The van der Waals surface area contributed by atoms with Gasteiger partial charge >= 0.3 is 0 Å². The van der Waals surface area contributed by atoms with Gasteiger partial charge in [-0.25, -0.2) is 0 Å². The van der Waals surface area contributed by atoms with Crippen LogP contribution in [0.4, 0.5) is 11.4 Å². The molecule has 1 heterocycles. The monoisotopic (exact) mass is 390 g/mol. The van der Waals surface area contributed by atoms with E-state index in [9.17, 15) is 14.9 Å². The normalized spacial score (nSPS) is 10.6. The second kappa shape index (κ2) is 7.19. The van der Waals surface area contributed by atoms with Crippen molar-refractivity contribution in [2.24, 2.45) is 0 Å². The molecule has 0 aliphatic carbocycles. The largest absolute Gasteiger partial charge is 0.451 e. The van der Waals surface area contributed by atoms with E-state index in [2.05, 4.69) is 5.32 Å². The quantitative estimate of drug-likeness (QED) is 0.455. The van der Waals surface area contributed by atoms with Crippen LogP contribution in [-0.4, -0.2) is 10.8 Å². The smallest absolute Gasteiger partial charge is 0.291 e. The van der Waals surface area contributed by atoms with Gasteiger partial charge in [0.1, 0.15) is 5.76 Å². The number of furan rings is 1. The number of nitrogens with one attached hydrogen (secondary N) is 1. The van der Waals surface area contributed by atoms with Crippen molar-refractivity contribution < 1.29 is 14.1 Å². The van der Waals surface area contributed by atoms with E-state index >= 15 is 0 Å². The molecule has 1 N–H and O–H groups in total. The number of halogens is 2. The zero-order valence-corrected chi connectivity index (χ0v) is 15.0. The summed E-state index contributed by atoms with van der Waals surface area (Å²) in [7, 11) is 0. The molecule has 0 saturated carbocycles. The van der Waals surface area contributed by atoms with E-state index in [1.54, 1.807) is 18.2 Å². The Labute approximate surface area is 158 Å². The number of nitro groups is 1. The van der Waals surface area contributed by atoms with Crippen LogP contribution >= 0.6 is 23.2 Å². The molecule has 8 heteroatoms. The predicted octanol–water partition coefficient (Wildman–Crippen LogP) is 5.72. The molecule has 0 radical (unpaired) electrons. The highest BCUT2D eigenvalue weighted by atomic mass is 35.5. The topological polar surface area (TPSA) is 85.4 Å². The molecule has 1 aromatic heterocycles. The number of amides is 1. The number of non-ortho nitro benzene ring substituents is 1.